The summed E-state index contributed by atoms with van der Waals surface area (Å²) >= 11 is 0. The number of ether oxygens (including phenoxy) is 1. The molecule has 0 amide bonds. The zero-order valence-corrected chi connectivity index (χ0v) is 16.2. The molecule has 154 valence electrons. The monoisotopic (exact) mass is 388 g/mol. The van der Waals surface area contributed by atoms with E-state index in [0.717, 1.165) is 45.4 Å². The first-order valence-corrected chi connectivity index (χ1v) is 10.2. The molecule has 27 heavy (non-hydrogen) atoms. The Bertz CT molecular complexity index is 560. The van der Waals surface area contributed by atoms with Gasteiger partial charge in [-0.05, 0) is 63.2 Å². The molecule has 0 bridgehead atoms. The van der Waals surface area contributed by atoms with Crippen molar-refractivity contribution in [2.75, 3.05) is 0 Å². The molecule has 0 radical (unpaired) electrons. The molecule has 5 atom stereocenters. The maximum atomic E-state index is 13.8. The smallest absolute Gasteiger partial charge is 0.417 e. The van der Waals surface area contributed by atoms with E-state index in [2.05, 4.69) is 6.58 Å². The van der Waals surface area contributed by atoms with Crippen molar-refractivity contribution in [2.45, 2.75) is 83.1 Å². The summed E-state index contributed by atoms with van der Waals surface area (Å²) in [6, 6.07) is 0. The van der Waals surface area contributed by atoms with Gasteiger partial charge in [0.05, 0.1) is 0 Å². The Balaban J connectivity index is 2.00. The van der Waals surface area contributed by atoms with E-state index in [4.69, 9.17) is 4.74 Å². The van der Waals surface area contributed by atoms with Crippen LogP contribution < -0.4 is 0 Å². The minimum Gasteiger partial charge on any atom is -0.458 e. The molecule has 3 aliphatic carbocycles. The summed E-state index contributed by atoms with van der Waals surface area (Å²) in [5.41, 5.74) is -2.39. The summed E-state index contributed by atoms with van der Waals surface area (Å²) in [5.74, 6) is -2.03. The largest absolute Gasteiger partial charge is 0.458 e. The van der Waals surface area contributed by atoms with Crippen LogP contribution >= 0.6 is 0 Å². The number of rotatable bonds is 3. The summed E-state index contributed by atoms with van der Waals surface area (Å²) in [6.45, 7) is 6.20. The predicted molar refractivity (Wildman–Crippen MR) is 95.8 cm³/mol. The van der Waals surface area contributed by atoms with Gasteiger partial charge in [0.1, 0.15) is 6.10 Å². The lowest BCUT2D eigenvalue weighted by atomic mass is 9.50. The van der Waals surface area contributed by atoms with Crippen molar-refractivity contribution in [1.29, 1.82) is 0 Å². The molecule has 0 saturated heterocycles. The number of esters is 1. The SMILES string of the molecule is C=C(C)C(=O)OC1C2CCCCC2C(C(C)(O)C(F)(F)F)C2CCCCC21. The lowest BCUT2D eigenvalue weighted by Gasteiger charge is -2.58. The molecular weight excluding hydrogens is 357 g/mol. The first-order chi connectivity index (χ1) is 12.6. The molecule has 0 aromatic rings. The highest BCUT2D eigenvalue weighted by atomic mass is 19.4. The average Bonchev–Trinajstić information content (AvgIpc) is 2.60. The lowest BCUT2D eigenvalue weighted by Crippen LogP contribution is -2.62. The van der Waals surface area contributed by atoms with Crippen LogP contribution in [0.2, 0.25) is 0 Å². The van der Waals surface area contributed by atoms with E-state index < -0.39 is 23.7 Å². The van der Waals surface area contributed by atoms with Gasteiger partial charge in [-0.2, -0.15) is 13.2 Å². The van der Waals surface area contributed by atoms with Gasteiger partial charge < -0.3 is 9.84 Å². The molecule has 3 rings (SSSR count). The molecule has 3 fully saturated rings. The third kappa shape index (κ3) is 3.66. The summed E-state index contributed by atoms with van der Waals surface area (Å²) in [7, 11) is 0. The number of hydrogen-bond donors (Lipinski definition) is 1. The molecule has 3 aliphatic rings. The van der Waals surface area contributed by atoms with Gasteiger partial charge in [0, 0.05) is 11.5 Å². The summed E-state index contributed by atoms with van der Waals surface area (Å²) in [4.78, 5) is 12.2. The molecule has 0 spiro atoms. The van der Waals surface area contributed by atoms with Crippen LogP contribution in [0.4, 0.5) is 13.2 Å². The first kappa shape index (κ1) is 20.7. The van der Waals surface area contributed by atoms with Crippen molar-refractivity contribution in [3.05, 3.63) is 12.2 Å². The molecule has 0 aliphatic heterocycles. The fraction of sp³-hybridized carbons (Fsp3) is 0.857. The number of carbonyl (C=O) groups is 1. The van der Waals surface area contributed by atoms with E-state index in [0.29, 0.717) is 18.4 Å². The fourth-order valence-corrected chi connectivity index (χ4v) is 6.14. The molecular formula is C21H31F3O3. The predicted octanol–water partition coefficient (Wildman–Crippen LogP) is 5.03. The van der Waals surface area contributed by atoms with Crippen molar-refractivity contribution in [3.63, 3.8) is 0 Å². The molecule has 3 nitrogen and oxygen atoms in total. The quantitative estimate of drug-likeness (QED) is 0.545. The summed E-state index contributed by atoms with van der Waals surface area (Å²) < 4.78 is 47.2. The molecule has 1 N–H and O–H groups in total. The molecule has 0 aromatic carbocycles. The van der Waals surface area contributed by atoms with E-state index in [9.17, 15) is 23.1 Å². The Morgan fingerprint density at radius 3 is 1.74 bits per heavy atom. The van der Waals surface area contributed by atoms with Crippen LogP contribution in [0.15, 0.2) is 12.2 Å². The minimum absolute atomic E-state index is 0.111. The topological polar surface area (TPSA) is 46.5 Å². The summed E-state index contributed by atoms with van der Waals surface area (Å²) in [5, 5.41) is 10.7. The van der Waals surface area contributed by atoms with Crippen LogP contribution in [-0.4, -0.2) is 29.0 Å². The highest BCUT2D eigenvalue weighted by Crippen LogP contribution is 2.59. The Labute approximate surface area is 159 Å². The van der Waals surface area contributed by atoms with Crippen LogP contribution in [0.3, 0.4) is 0 Å². The van der Waals surface area contributed by atoms with Crippen LogP contribution in [-0.2, 0) is 9.53 Å². The highest BCUT2D eigenvalue weighted by Gasteiger charge is 2.64. The highest BCUT2D eigenvalue weighted by molar-refractivity contribution is 5.87. The first-order valence-electron chi connectivity index (χ1n) is 10.2. The maximum Gasteiger partial charge on any atom is 0.417 e. The minimum atomic E-state index is -4.66. The molecule has 6 heteroatoms. The Kier molecular flexibility index (Phi) is 5.68. The van der Waals surface area contributed by atoms with Gasteiger partial charge in [0.25, 0.3) is 0 Å². The van der Waals surface area contributed by atoms with Gasteiger partial charge in [-0.1, -0.05) is 32.3 Å². The average molecular weight is 388 g/mol. The van der Waals surface area contributed by atoms with Gasteiger partial charge in [-0.25, -0.2) is 4.79 Å². The summed E-state index contributed by atoms with van der Waals surface area (Å²) in [6.07, 6.45) is 1.40. The zero-order valence-electron chi connectivity index (χ0n) is 16.2. The van der Waals surface area contributed by atoms with Crippen molar-refractivity contribution in [1.82, 2.24) is 0 Å². The number of carbonyl (C=O) groups excluding carboxylic acids is 1. The van der Waals surface area contributed by atoms with Crippen molar-refractivity contribution in [2.24, 2.45) is 29.6 Å². The number of fused-ring (bicyclic) bond motifs is 2. The van der Waals surface area contributed by atoms with Gasteiger partial charge >= 0.3 is 12.1 Å². The molecule has 5 unspecified atom stereocenters. The Morgan fingerprint density at radius 2 is 1.37 bits per heavy atom. The third-order valence-corrected chi connectivity index (χ3v) is 7.33. The van der Waals surface area contributed by atoms with E-state index in [-0.39, 0.29) is 29.8 Å². The second-order valence-electron chi connectivity index (χ2n) is 9.05. The normalized spacial score (nSPS) is 38.9. The second-order valence-corrected chi connectivity index (χ2v) is 9.05. The van der Waals surface area contributed by atoms with Gasteiger partial charge in [0.15, 0.2) is 5.60 Å². The number of alkyl halides is 3. The Morgan fingerprint density at radius 1 is 0.963 bits per heavy atom. The van der Waals surface area contributed by atoms with Crippen LogP contribution in [0, 0.1) is 29.6 Å². The second kappa shape index (κ2) is 7.41. The number of hydrogen-bond acceptors (Lipinski definition) is 3. The fourth-order valence-electron chi connectivity index (χ4n) is 6.14. The lowest BCUT2D eigenvalue weighted by molar-refractivity contribution is -0.302. The van der Waals surface area contributed by atoms with E-state index >= 15 is 0 Å². The van der Waals surface area contributed by atoms with Crippen molar-refractivity contribution >= 4 is 5.97 Å². The zero-order chi connectivity index (χ0) is 20.0. The van der Waals surface area contributed by atoms with E-state index in [1.807, 2.05) is 0 Å². The van der Waals surface area contributed by atoms with Crippen molar-refractivity contribution < 1.29 is 27.8 Å². The van der Waals surface area contributed by atoms with E-state index in [1.54, 1.807) is 6.92 Å². The van der Waals surface area contributed by atoms with Crippen LogP contribution in [0.1, 0.15) is 65.2 Å². The standard InChI is InChI=1S/C21H31F3O3/c1-12(2)19(25)27-18-15-10-6-4-8-13(15)17(20(3,26)21(22,23)24)14-9-5-7-11-16(14)18/h13-18,26H,1,4-11H2,2-3H3. The van der Waals surface area contributed by atoms with Gasteiger partial charge in [0.2, 0.25) is 0 Å². The third-order valence-electron chi connectivity index (χ3n) is 7.33. The van der Waals surface area contributed by atoms with Crippen LogP contribution in [0.5, 0.6) is 0 Å². The molecule has 0 heterocycles. The number of halogens is 3. The number of aliphatic hydroxyl groups is 1. The van der Waals surface area contributed by atoms with E-state index in [1.165, 1.54) is 0 Å². The molecule has 3 saturated carbocycles. The maximum absolute atomic E-state index is 13.8. The van der Waals surface area contributed by atoms with Crippen LogP contribution in [0.25, 0.3) is 0 Å². The van der Waals surface area contributed by atoms with Gasteiger partial charge in [-0.15, -0.1) is 0 Å². The van der Waals surface area contributed by atoms with Gasteiger partial charge in [-0.3, -0.25) is 0 Å². The Hall–Kier alpha value is -1.04. The molecule has 0 aromatic heterocycles. The van der Waals surface area contributed by atoms with Crippen molar-refractivity contribution in [3.8, 4) is 0 Å².